The summed E-state index contributed by atoms with van der Waals surface area (Å²) in [6, 6.07) is 7.13. The van der Waals surface area contributed by atoms with Crippen molar-refractivity contribution in [1.29, 1.82) is 0 Å². The molecule has 2 rings (SSSR count). The summed E-state index contributed by atoms with van der Waals surface area (Å²) in [5, 5.41) is 3.31. The molecule has 118 valence electrons. The monoisotopic (exact) mass is 312 g/mol. The molecule has 0 aromatic heterocycles. The number of nitrogens with zero attached hydrogens (tertiary/aromatic N) is 1. The molecule has 1 fully saturated rings. The molecule has 1 aliphatic rings. The number of hydrogen-bond donors (Lipinski definition) is 1. The normalized spacial score (nSPS) is 19.9. The van der Waals surface area contributed by atoms with Crippen LogP contribution in [0.4, 0.5) is 0 Å². The van der Waals surface area contributed by atoms with Gasteiger partial charge < -0.3 is 10.1 Å². The van der Waals surface area contributed by atoms with Gasteiger partial charge in [-0.2, -0.15) is 0 Å². The van der Waals surface area contributed by atoms with Crippen molar-refractivity contribution in [1.82, 2.24) is 9.62 Å². The molecule has 1 saturated heterocycles. The van der Waals surface area contributed by atoms with E-state index in [0.717, 1.165) is 31.6 Å². The van der Waals surface area contributed by atoms with E-state index in [0.29, 0.717) is 11.4 Å². The molecule has 1 aliphatic heterocycles. The molecular weight excluding hydrogens is 288 g/mol. The number of rotatable bonds is 6. The molecule has 0 spiro atoms. The first kappa shape index (κ1) is 16.4. The molecule has 1 aromatic rings. The second-order valence-electron chi connectivity index (χ2n) is 5.51. The molecule has 1 N–H and O–H groups in total. The van der Waals surface area contributed by atoms with Gasteiger partial charge in [0, 0.05) is 33.8 Å². The van der Waals surface area contributed by atoms with Crippen LogP contribution in [0.5, 0.6) is 0 Å². The van der Waals surface area contributed by atoms with E-state index < -0.39 is 10.0 Å². The lowest BCUT2D eigenvalue weighted by Gasteiger charge is -2.23. The minimum atomic E-state index is -3.40. The summed E-state index contributed by atoms with van der Waals surface area (Å²) < 4.78 is 31.5. The van der Waals surface area contributed by atoms with Gasteiger partial charge in [-0.1, -0.05) is 18.2 Å². The molecule has 0 unspecified atom stereocenters. The Kier molecular flexibility index (Phi) is 5.75. The van der Waals surface area contributed by atoms with Crippen molar-refractivity contribution in [2.75, 3.05) is 27.2 Å². The zero-order valence-corrected chi connectivity index (χ0v) is 13.5. The Labute approximate surface area is 127 Å². The minimum absolute atomic E-state index is 0.247. The maximum Gasteiger partial charge on any atom is 0.242 e. The molecule has 0 aliphatic carbocycles. The van der Waals surface area contributed by atoms with Crippen LogP contribution in [-0.4, -0.2) is 46.1 Å². The fourth-order valence-corrected chi connectivity index (χ4v) is 3.55. The number of nitrogens with one attached hydrogen (secondary N) is 1. The van der Waals surface area contributed by atoms with Crippen LogP contribution in [0.15, 0.2) is 29.2 Å². The van der Waals surface area contributed by atoms with Crippen molar-refractivity contribution in [3.05, 3.63) is 29.8 Å². The Morgan fingerprint density at radius 1 is 1.29 bits per heavy atom. The summed E-state index contributed by atoms with van der Waals surface area (Å²) in [6.45, 7) is 2.12. The third kappa shape index (κ3) is 4.26. The number of hydrogen-bond acceptors (Lipinski definition) is 4. The predicted molar refractivity (Wildman–Crippen MR) is 82.6 cm³/mol. The van der Waals surface area contributed by atoms with E-state index >= 15 is 0 Å². The van der Waals surface area contributed by atoms with Gasteiger partial charge in [0.05, 0.1) is 11.0 Å². The zero-order chi connectivity index (χ0) is 15.3. The summed E-state index contributed by atoms with van der Waals surface area (Å²) in [7, 11) is -0.299. The first-order chi connectivity index (χ1) is 10.0. The van der Waals surface area contributed by atoms with Crippen molar-refractivity contribution >= 4 is 10.0 Å². The van der Waals surface area contributed by atoms with E-state index in [1.807, 2.05) is 12.1 Å². The predicted octanol–water partition coefficient (Wildman–Crippen LogP) is 1.60. The topological polar surface area (TPSA) is 58.6 Å². The van der Waals surface area contributed by atoms with Gasteiger partial charge in [0.15, 0.2) is 0 Å². The number of sulfonamides is 1. The van der Waals surface area contributed by atoms with Crippen molar-refractivity contribution in [3.8, 4) is 0 Å². The molecule has 1 heterocycles. The van der Waals surface area contributed by atoms with Gasteiger partial charge >= 0.3 is 0 Å². The summed E-state index contributed by atoms with van der Waals surface area (Å²) in [5.74, 6) is 0. The van der Waals surface area contributed by atoms with Crippen molar-refractivity contribution in [3.63, 3.8) is 0 Å². The standard InChI is InChI=1S/C15H24N2O3S/c1-17(2)21(18,19)15-9-4-3-7-13(15)11-16-12-14-8-5-6-10-20-14/h3-4,7,9,14,16H,5-6,8,10-12H2,1-2H3/t14-/m1/s1. The number of benzene rings is 1. The zero-order valence-electron chi connectivity index (χ0n) is 12.7. The van der Waals surface area contributed by atoms with Gasteiger partial charge in [-0.3, -0.25) is 0 Å². The summed E-state index contributed by atoms with van der Waals surface area (Å²) >= 11 is 0. The molecule has 5 nitrogen and oxygen atoms in total. The highest BCUT2D eigenvalue weighted by atomic mass is 32.2. The van der Waals surface area contributed by atoms with E-state index in [9.17, 15) is 8.42 Å². The lowest BCUT2D eigenvalue weighted by molar-refractivity contribution is 0.0167. The second kappa shape index (κ2) is 7.35. The summed E-state index contributed by atoms with van der Waals surface area (Å²) in [5.41, 5.74) is 0.794. The van der Waals surface area contributed by atoms with Crippen LogP contribution in [0.1, 0.15) is 24.8 Å². The van der Waals surface area contributed by atoms with Crippen molar-refractivity contribution in [2.45, 2.75) is 36.8 Å². The van der Waals surface area contributed by atoms with Crippen molar-refractivity contribution < 1.29 is 13.2 Å². The van der Waals surface area contributed by atoms with Gasteiger partial charge in [0.25, 0.3) is 0 Å². The third-order valence-electron chi connectivity index (χ3n) is 3.69. The fourth-order valence-electron chi connectivity index (χ4n) is 2.43. The maximum absolute atomic E-state index is 12.3. The van der Waals surface area contributed by atoms with Crippen LogP contribution >= 0.6 is 0 Å². The minimum Gasteiger partial charge on any atom is -0.377 e. The molecule has 1 atom stereocenters. The SMILES string of the molecule is CN(C)S(=O)(=O)c1ccccc1CNC[C@H]1CCCCO1. The summed E-state index contributed by atoms with van der Waals surface area (Å²) in [4.78, 5) is 0.368. The molecule has 21 heavy (non-hydrogen) atoms. The first-order valence-corrected chi connectivity index (χ1v) is 8.78. The molecule has 6 heteroatoms. The fraction of sp³-hybridized carbons (Fsp3) is 0.600. The Bertz CT molecular complexity index is 552. The average molecular weight is 312 g/mol. The van der Waals surface area contributed by atoms with Gasteiger partial charge in [-0.05, 0) is 30.9 Å². The molecular formula is C15H24N2O3S. The molecule has 0 amide bonds. The van der Waals surface area contributed by atoms with Gasteiger partial charge in [-0.15, -0.1) is 0 Å². The van der Waals surface area contributed by atoms with Crippen LogP contribution in [0.2, 0.25) is 0 Å². The molecule has 1 aromatic carbocycles. The van der Waals surface area contributed by atoms with E-state index in [2.05, 4.69) is 5.32 Å². The first-order valence-electron chi connectivity index (χ1n) is 7.34. The van der Waals surface area contributed by atoms with Crippen LogP contribution in [0, 0.1) is 0 Å². The lowest BCUT2D eigenvalue weighted by Crippen LogP contribution is -2.32. The Morgan fingerprint density at radius 2 is 2.05 bits per heavy atom. The van der Waals surface area contributed by atoms with Crippen LogP contribution in [0.25, 0.3) is 0 Å². The smallest absolute Gasteiger partial charge is 0.242 e. The molecule has 0 bridgehead atoms. The Balaban J connectivity index is 2.00. The Hall–Kier alpha value is -0.950. The van der Waals surface area contributed by atoms with Gasteiger partial charge in [-0.25, -0.2) is 12.7 Å². The van der Waals surface area contributed by atoms with Gasteiger partial charge in [0.1, 0.15) is 0 Å². The Morgan fingerprint density at radius 3 is 2.71 bits per heavy atom. The van der Waals surface area contributed by atoms with E-state index in [-0.39, 0.29) is 6.10 Å². The average Bonchev–Trinajstić information content (AvgIpc) is 2.48. The summed E-state index contributed by atoms with van der Waals surface area (Å²) in [6.07, 6.45) is 3.67. The highest BCUT2D eigenvalue weighted by Gasteiger charge is 2.20. The lowest BCUT2D eigenvalue weighted by atomic mass is 10.1. The van der Waals surface area contributed by atoms with E-state index in [1.165, 1.54) is 10.7 Å². The van der Waals surface area contributed by atoms with Gasteiger partial charge in [0.2, 0.25) is 10.0 Å². The van der Waals surface area contributed by atoms with Crippen LogP contribution < -0.4 is 5.32 Å². The highest BCUT2D eigenvalue weighted by Crippen LogP contribution is 2.18. The third-order valence-corrected chi connectivity index (χ3v) is 5.61. The quantitative estimate of drug-likeness (QED) is 0.867. The van der Waals surface area contributed by atoms with E-state index in [4.69, 9.17) is 4.74 Å². The second-order valence-corrected chi connectivity index (χ2v) is 7.63. The molecule has 0 radical (unpaired) electrons. The number of ether oxygens (including phenoxy) is 1. The maximum atomic E-state index is 12.3. The van der Waals surface area contributed by atoms with Crippen LogP contribution in [-0.2, 0) is 21.3 Å². The largest absolute Gasteiger partial charge is 0.377 e. The van der Waals surface area contributed by atoms with E-state index in [1.54, 1.807) is 26.2 Å². The highest BCUT2D eigenvalue weighted by molar-refractivity contribution is 7.89. The molecule has 0 saturated carbocycles. The van der Waals surface area contributed by atoms with Crippen molar-refractivity contribution in [2.24, 2.45) is 0 Å². The van der Waals surface area contributed by atoms with Crippen LogP contribution in [0.3, 0.4) is 0 Å².